The second-order valence-electron chi connectivity index (χ2n) is 18.8. The molecule has 0 saturated heterocycles. The molecule has 0 rings (SSSR count). The fraction of sp³-hybridized carbons (Fsp3) is 0.845. The van der Waals surface area contributed by atoms with E-state index in [9.17, 15) is 14.4 Å². The highest BCUT2D eigenvalue weighted by atomic mass is 16.6. The summed E-state index contributed by atoms with van der Waals surface area (Å²) in [5.41, 5.74) is 0. The van der Waals surface area contributed by atoms with Crippen molar-refractivity contribution in [3.05, 3.63) is 36.5 Å². The Kier molecular flexibility index (Phi) is 51.3. The molecule has 0 fully saturated rings. The molecule has 0 heterocycles. The van der Waals surface area contributed by atoms with Crippen LogP contribution in [-0.2, 0) is 28.6 Å². The molecule has 0 aliphatic carbocycles. The first-order chi connectivity index (χ1) is 31.5. The van der Waals surface area contributed by atoms with Crippen LogP contribution >= 0.6 is 0 Å². The molecule has 1 unspecified atom stereocenters. The quantitative estimate of drug-likeness (QED) is 0.0262. The molecule has 0 amide bonds. The number of hydrogen-bond donors (Lipinski definition) is 0. The minimum absolute atomic E-state index is 0.0772. The second kappa shape index (κ2) is 53.2. The number of carbonyl (C=O) groups is 3. The number of esters is 3. The zero-order chi connectivity index (χ0) is 46.5. The molecule has 0 N–H and O–H groups in total. The minimum Gasteiger partial charge on any atom is -0.462 e. The molecule has 6 heteroatoms. The van der Waals surface area contributed by atoms with Crippen molar-refractivity contribution in [2.45, 2.75) is 303 Å². The predicted molar refractivity (Wildman–Crippen MR) is 275 cm³/mol. The van der Waals surface area contributed by atoms with Gasteiger partial charge in [0.2, 0.25) is 0 Å². The Hall–Kier alpha value is -2.37. The zero-order valence-electron chi connectivity index (χ0n) is 42.8. The lowest BCUT2D eigenvalue weighted by Gasteiger charge is -2.18. The average Bonchev–Trinajstić information content (AvgIpc) is 3.29. The first kappa shape index (κ1) is 61.6. The molecule has 374 valence electrons. The fourth-order valence-electron chi connectivity index (χ4n) is 8.10. The molecular formula is C58H106O6. The normalized spacial score (nSPS) is 12.2. The molecule has 0 radical (unpaired) electrons. The van der Waals surface area contributed by atoms with E-state index in [0.29, 0.717) is 19.3 Å². The van der Waals surface area contributed by atoms with Crippen LogP contribution in [0, 0.1) is 0 Å². The van der Waals surface area contributed by atoms with E-state index in [1.54, 1.807) is 0 Å². The number of ether oxygens (including phenoxy) is 3. The monoisotopic (exact) mass is 899 g/mol. The summed E-state index contributed by atoms with van der Waals surface area (Å²) in [6.45, 7) is 6.60. The topological polar surface area (TPSA) is 78.9 Å². The van der Waals surface area contributed by atoms with Crippen LogP contribution in [0.5, 0.6) is 0 Å². The molecule has 0 bridgehead atoms. The molecule has 0 spiro atoms. The maximum atomic E-state index is 12.8. The van der Waals surface area contributed by atoms with Gasteiger partial charge in [-0.2, -0.15) is 0 Å². The standard InChI is InChI=1S/C58H106O6/c1-4-7-10-13-16-19-22-25-27-28-29-30-31-34-36-39-42-45-48-51-57(60)63-54-55(53-62-56(59)50-47-44-41-38-35-32-24-21-18-15-12-9-6-3)64-58(61)52-49-46-43-40-37-33-26-23-20-17-14-11-8-5-2/h14,17,21,23-24,26,55H,4-13,15-16,18-20,22,25,27-54H2,1-3H3/b17-14-,24-21-,26-23-. The van der Waals surface area contributed by atoms with Crippen LogP contribution in [0.2, 0.25) is 0 Å². The van der Waals surface area contributed by atoms with Crippen molar-refractivity contribution in [1.82, 2.24) is 0 Å². The summed E-state index contributed by atoms with van der Waals surface area (Å²) >= 11 is 0. The molecule has 0 saturated carbocycles. The van der Waals surface area contributed by atoms with Crippen molar-refractivity contribution in [1.29, 1.82) is 0 Å². The highest BCUT2D eigenvalue weighted by Gasteiger charge is 2.19. The van der Waals surface area contributed by atoms with Gasteiger partial charge in [0, 0.05) is 19.3 Å². The summed E-state index contributed by atoms with van der Waals surface area (Å²) < 4.78 is 16.8. The Morgan fingerprint density at radius 1 is 0.312 bits per heavy atom. The van der Waals surface area contributed by atoms with Crippen molar-refractivity contribution in [2.24, 2.45) is 0 Å². The van der Waals surface area contributed by atoms with Gasteiger partial charge in [0.15, 0.2) is 6.10 Å². The molecule has 1 atom stereocenters. The number of hydrogen-bond acceptors (Lipinski definition) is 6. The van der Waals surface area contributed by atoms with Crippen LogP contribution in [0.1, 0.15) is 297 Å². The van der Waals surface area contributed by atoms with Gasteiger partial charge in [0.05, 0.1) is 0 Å². The van der Waals surface area contributed by atoms with Gasteiger partial charge < -0.3 is 14.2 Å². The Labute approximate surface area is 397 Å². The minimum atomic E-state index is -0.779. The number of carbonyl (C=O) groups excluding carboxylic acids is 3. The van der Waals surface area contributed by atoms with Gasteiger partial charge in [-0.1, -0.05) is 243 Å². The van der Waals surface area contributed by atoms with Crippen molar-refractivity contribution < 1.29 is 28.6 Å². The van der Waals surface area contributed by atoms with Gasteiger partial charge >= 0.3 is 17.9 Å². The zero-order valence-corrected chi connectivity index (χ0v) is 42.8. The lowest BCUT2D eigenvalue weighted by Crippen LogP contribution is -2.30. The highest BCUT2D eigenvalue weighted by Crippen LogP contribution is 2.16. The van der Waals surface area contributed by atoms with E-state index < -0.39 is 6.10 Å². The van der Waals surface area contributed by atoms with Gasteiger partial charge in [0.1, 0.15) is 13.2 Å². The third-order valence-corrected chi connectivity index (χ3v) is 12.4. The molecule has 0 aromatic heterocycles. The van der Waals surface area contributed by atoms with Crippen molar-refractivity contribution in [2.75, 3.05) is 13.2 Å². The smallest absolute Gasteiger partial charge is 0.306 e. The van der Waals surface area contributed by atoms with E-state index in [2.05, 4.69) is 57.2 Å². The maximum absolute atomic E-state index is 12.8. The van der Waals surface area contributed by atoms with Gasteiger partial charge in [0.25, 0.3) is 0 Å². The first-order valence-electron chi connectivity index (χ1n) is 28.0. The summed E-state index contributed by atoms with van der Waals surface area (Å²) in [7, 11) is 0. The van der Waals surface area contributed by atoms with Gasteiger partial charge in [-0.15, -0.1) is 0 Å². The summed E-state index contributed by atoms with van der Waals surface area (Å²) in [6, 6.07) is 0. The Morgan fingerprint density at radius 3 is 0.938 bits per heavy atom. The van der Waals surface area contributed by atoms with Crippen LogP contribution < -0.4 is 0 Å². The summed E-state index contributed by atoms with van der Waals surface area (Å²) in [4.78, 5) is 38.1. The van der Waals surface area contributed by atoms with E-state index in [1.807, 2.05) is 0 Å². The lowest BCUT2D eigenvalue weighted by atomic mass is 10.0. The van der Waals surface area contributed by atoms with Crippen molar-refractivity contribution >= 4 is 17.9 Å². The summed E-state index contributed by atoms with van der Waals surface area (Å²) in [5.74, 6) is -0.886. The Bertz CT molecular complexity index is 1080. The molecular weight excluding hydrogens is 793 g/mol. The van der Waals surface area contributed by atoms with Gasteiger partial charge in [-0.3, -0.25) is 14.4 Å². The average molecular weight is 899 g/mol. The van der Waals surface area contributed by atoms with Gasteiger partial charge in [-0.05, 0) is 70.6 Å². The van der Waals surface area contributed by atoms with Crippen LogP contribution in [0.25, 0.3) is 0 Å². The van der Waals surface area contributed by atoms with E-state index >= 15 is 0 Å². The number of allylic oxidation sites excluding steroid dienone is 6. The van der Waals surface area contributed by atoms with E-state index in [-0.39, 0.29) is 31.1 Å². The predicted octanol–water partition coefficient (Wildman–Crippen LogP) is 18.5. The molecule has 0 aliphatic heterocycles. The fourth-order valence-corrected chi connectivity index (χ4v) is 8.10. The van der Waals surface area contributed by atoms with Gasteiger partial charge in [-0.25, -0.2) is 0 Å². The lowest BCUT2D eigenvalue weighted by molar-refractivity contribution is -0.167. The largest absolute Gasteiger partial charge is 0.462 e. The van der Waals surface area contributed by atoms with Crippen molar-refractivity contribution in [3.63, 3.8) is 0 Å². The highest BCUT2D eigenvalue weighted by molar-refractivity contribution is 5.71. The van der Waals surface area contributed by atoms with E-state index in [1.165, 1.54) is 167 Å². The number of unbranched alkanes of at least 4 members (excludes halogenated alkanes) is 34. The third-order valence-electron chi connectivity index (χ3n) is 12.4. The summed E-state index contributed by atoms with van der Waals surface area (Å²) in [6.07, 6.45) is 62.7. The first-order valence-corrected chi connectivity index (χ1v) is 28.0. The Morgan fingerprint density at radius 2 is 0.578 bits per heavy atom. The molecule has 0 aliphatic rings. The van der Waals surface area contributed by atoms with Crippen LogP contribution in [0.4, 0.5) is 0 Å². The van der Waals surface area contributed by atoms with Crippen LogP contribution in [-0.4, -0.2) is 37.2 Å². The van der Waals surface area contributed by atoms with Crippen LogP contribution in [0.15, 0.2) is 36.5 Å². The van der Waals surface area contributed by atoms with E-state index in [0.717, 1.165) is 89.9 Å². The molecule has 6 nitrogen and oxygen atoms in total. The molecule has 0 aromatic rings. The van der Waals surface area contributed by atoms with E-state index in [4.69, 9.17) is 14.2 Å². The summed E-state index contributed by atoms with van der Waals surface area (Å²) in [5, 5.41) is 0. The SMILES string of the molecule is CCCC/C=C\C/C=C\CCCCCCCC(=O)OC(COC(=O)CCCCCCC/C=C\CCCCCC)COC(=O)CCCCCCCCCCCCCCCCCCCCC. The molecule has 0 aromatic carbocycles. The van der Waals surface area contributed by atoms with Crippen LogP contribution in [0.3, 0.4) is 0 Å². The number of rotatable bonds is 51. The Balaban J connectivity index is 4.32. The molecule has 64 heavy (non-hydrogen) atoms. The van der Waals surface area contributed by atoms with Crippen molar-refractivity contribution in [3.8, 4) is 0 Å². The third kappa shape index (κ3) is 50.6. The maximum Gasteiger partial charge on any atom is 0.306 e. The second-order valence-corrected chi connectivity index (χ2v) is 18.8.